The minimum absolute atomic E-state index is 0.0702. The van der Waals surface area contributed by atoms with Crippen LogP contribution in [0.1, 0.15) is 28.1 Å². The van der Waals surface area contributed by atoms with Gasteiger partial charge >= 0.3 is 12.4 Å². The van der Waals surface area contributed by atoms with Crippen LogP contribution in [-0.4, -0.2) is 46.9 Å². The van der Waals surface area contributed by atoms with Gasteiger partial charge in [-0.05, 0) is 24.1 Å². The Bertz CT molecular complexity index is 866. The summed E-state index contributed by atoms with van der Waals surface area (Å²) >= 11 is 1.52. The monoisotopic (exact) mass is 451 g/mol. The number of hydrogen-bond donors (Lipinski definition) is 0. The van der Waals surface area contributed by atoms with E-state index in [0.717, 1.165) is 17.6 Å². The number of rotatable bonds is 4. The van der Waals surface area contributed by atoms with Crippen molar-refractivity contribution in [2.24, 2.45) is 0 Å². The predicted molar refractivity (Wildman–Crippen MR) is 98.7 cm³/mol. The number of carbonyl (C=O) groups is 1. The number of halogens is 6. The van der Waals surface area contributed by atoms with Gasteiger partial charge in [-0.1, -0.05) is 6.07 Å². The largest absolute Gasteiger partial charge is 0.416 e. The van der Waals surface area contributed by atoms with Crippen LogP contribution in [0.4, 0.5) is 26.3 Å². The van der Waals surface area contributed by atoms with Gasteiger partial charge in [0, 0.05) is 37.8 Å². The number of thiazole rings is 1. The molecule has 2 heterocycles. The van der Waals surface area contributed by atoms with Crippen molar-refractivity contribution in [3.05, 3.63) is 51.5 Å². The molecule has 164 valence electrons. The van der Waals surface area contributed by atoms with Crippen LogP contribution in [0.5, 0.6) is 0 Å². The van der Waals surface area contributed by atoms with Crippen LogP contribution in [0, 0.1) is 0 Å². The summed E-state index contributed by atoms with van der Waals surface area (Å²) in [6.07, 6.45) is -8.12. The van der Waals surface area contributed by atoms with Crippen molar-refractivity contribution in [1.29, 1.82) is 0 Å². The lowest BCUT2D eigenvalue weighted by Crippen LogP contribution is -2.36. The van der Waals surface area contributed by atoms with Gasteiger partial charge < -0.3 is 4.90 Å². The lowest BCUT2D eigenvalue weighted by atomic mass is 10.00. The first-order valence-electron chi connectivity index (χ1n) is 9.20. The van der Waals surface area contributed by atoms with E-state index in [4.69, 9.17) is 0 Å². The number of alkyl halides is 6. The Kier molecular flexibility index (Phi) is 6.71. The molecule has 0 atom stereocenters. The fourth-order valence-corrected chi connectivity index (χ4v) is 4.00. The van der Waals surface area contributed by atoms with E-state index in [0.29, 0.717) is 38.7 Å². The summed E-state index contributed by atoms with van der Waals surface area (Å²) in [6, 6.07) is 1.40. The summed E-state index contributed by atoms with van der Waals surface area (Å²) in [5.74, 6) is -0.531. The number of amides is 1. The molecule has 4 nitrogen and oxygen atoms in total. The molecule has 11 heteroatoms. The zero-order valence-electron chi connectivity index (χ0n) is 15.8. The van der Waals surface area contributed by atoms with Crippen molar-refractivity contribution in [3.8, 4) is 0 Å². The number of hydrogen-bond acceptors (Lipinski definition) is 4. The summed E-state index contributed by atoms with van der Waals surface area (Å²) in [6.45, 7) is 2.63. The Labute approximate surface area is 173 Å². The second-order valence-corrected chi connectivity index (χ2v) is 7.96. The van der Waals surface area contributed by atoms with Gasteiger partial charge in [-0.2, -0.15) is 26.3 Å². The molecule has 1 aliphatic rings. The van der Waals surface area contributed by atoms with Gasteiger partial charge in [0.1, 0.15) is 5.01 Å². The summed E-state index contributed by atoms with van der Waals surface area (Å²) in [5, 5.41) is 2.81. The molecule has 0 bridgehead atoms. The van der Waals surface area contributed by atoms with E-state index < -0.39 is 41.4 Å². The fourth-order valence-electron chi connectivity index (χ4n) is 3.35. The molecule has 0 spiro atoms. The Morgan fingerprint density at radius 3 is 2.43 bits per heavy atom. The third-order valence-electron chi connectivity index (χ3n) is 4.87. The average molecular weight is 451 g/mol. The fraction of sp³-hybridized carbons (Fsp3) is 0.474. The van der Waals surface area contributed by atoms with E-state index in [1.165, 1.54) is 16.2 Å². The normalized spacial score (nSPS) is 16.5. The first kappa shape index (κ1) is 22.5. The summed E-state index contributed by atoms with van der Waals surface area (Å²) in [4.78, 5) is 20.4. The molecular formula is C19H19F6N3OS. The molecule has 1 aromatic heterocycles. The Morgan fingerprint density at radius 1 is 1.03 bits per heavy atom. The molecule has 30 heavy (non-hydrogen) atoms. The zero-order chi connectivity index (χ0) is 21.9. The van der Waals surface area contributed by atoms with E-state index in [1.807, 2.05) is 5.38 Å². The van der Waals surface area contributed by atoms with Crippen LogP contribution in [0.2, 0.25) is 0 Å². The van der Waals surface area contributed by atoms with Crippen molar-refractivity contribution in [2.45, 2.75) is 31.7 Å². The topological polar surface area (TPSA) is 36.4 Å². The molecule has 2 aromatic rings. The van der Waals surface area contributed by atoms with Gasteiger partial charge in [0.2, 0.25) is 5.91 Å². The van der Waals surface area contributed by atoms with E-state index in [2.05, 4.69) is 9.88 Å². The standard InChI is InChI=1S/C19H19F6N3OS/c20-18(21,22)14-3-2-13(15(11-14)19(23,24)25)10-17(29)28-6-1-5-27(7-8-28)12-16-26-4-9-30-16/h2-4,9,11H,1,5-8,10,12H2. The Balaban J connectivity index is 1.69. The highest BCUT2D eigenvalue weighted by Gasteiger charge is 2.38. The second-order valence-electron chi connectivity index (χ2n) is 6.98. The molecule has 1 amide bonds. The first-order valence-corrected chi connectivity index (χ1v) is 10.1. The first-order chi connectivity index (χ1) is 14.0. The zero-order valence-corrected chi connectivity index (χ0v) is 16.6. The minimum Gasteiger partial charge on any atom is -0.341 e. The molecule has 0 radical (unpaired) electrons. The van der Waals surface area contributed by atoms with Crippen LogP contribution in [0.3, 0.4) is 0 Å². The predicted octanol–water partition coefficient (Wildman–Crippen LogP) is 4.46. The number of nitrogens with zero attached hydrogens (tertiary/aromatic N) is 3. The van der Waals surface area contributed by atoms with E-state index >= 15 is 0 Å². The highest BCUT2D eigenvalue weighted by atomic mass is 32.1. The van der Waals surface area contributed by atoms with Crippen LogP contribution in [0.15, 0.2) is 29.8 Å². The summed E-state index contributed by atoms with van der Waals surface area (Å²) in [5.41, 5.74) is -3.27. The van der Waals surface area contributed by atoms with Crippen LogP contribution in [-0.2, 0) is 30.1 Å². The number of aromatic nitrogens is 1. The number of carbonyl (C=O) groups excluding carboxylic acids is 1. The summed E-state index contributed by atoms with van der Waals surface area (Å²) < 4.78 is 78.3. The van der Waals surface area contributed by atoms with Crippen LogP contribution in [0.25, 0.3) is 0 Å². The maximum absolute atomic E-state index is 13.3. The van der Waals surface area contributed by atoms with Crippen LogP contribution >= 0.6 is 11.3 Å². The van der Waals surface area contributed by atoms with Gasteiger partial charge in [0.05, 0.1) is 24.1 Å². The highest BCUT2D eigenvalue weighted by Crippen LogP contribution is 2.37. The molecular weight excluding hydrogens is 432 g/mol. The Hall–Kier alpha value is -2.14. The molecule has 3 rings (SSSR count). The lowest BCUT2D eigenvalue weighted by molar-refractivity contribution is -0.143. The smallest absolute Gasteiger partial charge is 0.341 e. The summed E-state index contributed by atoms with van der Waals surface area (Å²) in [7, 11) is 0. The maximum Gasteiger partial charge on any atom is 0.416 e. The number of benzene rings is 1. The molecule has 0 N–H and O–H groups in total. The second kappa shape index (κ2) is 8.93. The molecule has 0 aliphatic carbocycles. The molecule has 1 aromatic carbocycles. The van der Waals surface area contributed by atoms with E-state index in [-0.39, 0.29) is 6.07 Å². The van der Waals surface area contributed by atoms with Crippen molar-refractivity contribution in [2.75, 3.05) is 26.2 Å². The molecule has 1 saturated heterocycles. The van der Waals surface area contributed by atoms with E-state index in [1.54, 1.807) is 6.20 Å². The Morgan fingerprint density at radius 2 is 1.80 bits per heavy atom. The van der Waals surface area contributed by atoms with E-state index in [9.17, 15) is 31.1 Å². The van der Waals surface area contributed by atoms with Crippen molar-refractivity contribution in [3.63, 3.8) is 0 Å². The minimum atomic E-state index is -4.99. The van der Waals surface area contributed by atoms with Gasteiger partial charge in [-0.3, -0.25) is 9.69 Å². The maximum atomic E-state index is 13.3. The SMILES string of the molecule is O=C(Cc1ccc(C(F)(F)F)cc1C(F)(F)F)N1CCCN(Cc2nccs2)CC1. The van der Waals surface area contributed by atoms with Gasteiger partial charge in [-0.25, -0.2) is 4.98 Å². The molecule has 1 aliphatic heterocycles. The quantitative estimate of drug-likeness (QED) is 0.645. The lowest BCUT2D eigenvalue weighted by Gasteiger charge is -2.23. The molecule has 0 unspecified atom stereocenters. The van der Waals surface area contributed by atoms with Crippen molar-refractivity contribution in [1.82, 2.24) is 14.8 Å². The molecule has 1 fully saturated rings. The van der Waals surface area contributed by atoms with Gasteiger partial charge in [-0.15, -0.1) is 11.3 Å². The van der Waals surface area contributed by atoms with Gasteiger partial charge in [0.25, 0.3) is 0 Å². The van der Waals surface area contributed by atoms with Crippen molar-refractivity contribution >= 4 is 17.2 Å². The molecule has 0 saturated carbocycles. The van der Waals surface area contributed by atoms with Crippen LogP contribution < -0.4 is 0 Å². The third kappa shape index (κ3) is 5.72. The third-order valence-corrected chi connectivity index (χ3v) is 5.63. The van der Waals surface area contributed by atoms with Gasteiger partial charge in [0.15, 0.2) is 0 Å². The van der Waals surface area contributed by atoms with Crippen molar-refractivity contribution < 1.29 is 31.1 Å². The highest BCUT2D eigenvalue weighted by molar-refractivity contribution is 7.09. The average Bonchev–Trinajstić information content (AvgIpc) is 3.04.